The molecule has 0 aliphatic rings. The fraction of sp³-hybridized carbons (Fsp3) is 0.667. The van der Waals surface area contributed by atoms with Gasteiger partial charge >= 0.3 is 0 Å². The highest BCUT2D eigenvalue weighted by Crippen LogP contribution is 1.87. The summed E-state index contributed by atoms with van der Waals surface area (Å²) in [6, 6.07) is -0.272. The topological polar surface area (TPSA) is 61.7 Å². The maximum Gasteiger partial charge on any atom is 0.235 e. The SMILES string of the molecule is C/C(=N\O)C(C)NC(=O)CCl. The first-order chi connectivity index (χ1) is 5.11. The third-order valence-corrected chi connectivity index (χ3v) is 1.53. The zero-order valence-corrected chi connectivity index (χ0v) is 7.22. The Hall–Kier alpha value is -0.770. The van der Waals surface area contributed by atoms with Crippen molar-refractivity contribution in [3.8, 4) is 0 Å². The number of hydrogen-bond acceptors (Lipinski definition) is 3. The number of nitrogens with one attached hydrogen (secondary N) is 1. The Morgan fingerprint density at radius 1 is 1.82 bits per heavy atom. The predicted molar refractivity (Wildman–Crippen MR) is 43.2 cm³/mol. The van der Waals surface area contributed by atoms with Crippen LogP contribution < -0.4 is 5.32 Å². The van der Waals surface area contributed by atoms with Gasteiger partial charge in [0.15, 0.2) is 0 Å². The molecule has 0 aliphatic heterocycles. The quantitative estimate of drug-likeness (QED) is 0.288. The number of rotatable bonds is 3. The average molecular weight is 179 g/mol. The van der Waals surface area contributed by atoms with Gasteiger partial charge in [0.1, 0.15) is 5.88 Å². The zero-order chi connectivity index (χ0) is 8.85. The summed E-state index contributed by atoms with van der Waals surface area (Å²) in [7, 11) is 0. The van der Waals surface area contributed by atoms with Crippen LogP contribution >= 0.6 is 11.6 Å². The highest BCUT2D eigenvalue weighted by Gasteiger charge is 2.08. The Labute approximate surface area is 70.2 Å². The first kappa shape index (κ1) is 10.2. The van der Waals surface area contributed by atoms with Crippen molar-refractivity contribution in [1.29, 1.82) is 0 Å². The number of oxime groups is 1. The smallest absolute Gasteiger partial charge is 0.235 e. The van der Waals surface area contributed by atoms with Crippen molar-refractivity contribution in [2.75, 3.05) is 5.88 Å². The van der Waals surface area contributed by atoms with Crippen LogP contribution in [0.3, 0.4) is 0 Å². The first-order valence-corrected chi connectivity index (χ1v) is 3.69. The normalized spacial score (nSPS) is 14.3. The molecule has 0 aromatic rings. The highest BCUT2D eigenvalue weighted by atomic mass is 35.5. The van der Waals surface area contributed by atoms with E-state index in [2.05, 4.69) is 10.5 Å². The van der Waals surface area contributed by atoms with E-state index in [1.807, 2.05) is 0 Å². The van der Waals surface area contributed by atoms with Gasteiger partial charge in [-0.3, -0.25) is 4.79 Å². The fourth-order valence-electron chi connectivity index (χ4n) is 0.471. The molecule has 1 unspecified atom stereocenters. The van der Waals surface area contributed by atoms with Crippen LogP contribution in [0.1, 0.15) is 13.8 Å². The molecule has 0 bridgehead atoms. The molecule has 0 heterocycles. The van der Waals surface area contributed by atoms with Gasteiger partial charge < -0.3 is 10.5 Å². The Bertz CT molecular complexity index is 170. The summed E-state index contributed by atoms with van der Waals surface area (Å²) in [5.41, 5.74) is 0.448. The van der Waals surface area contributed by atoms with Crippen molar-refractivity contribution in [3.05, 3.63) is 0 Å². The number of alkyl halides is 1. The van der Waals surface area contributed by atoms with Crippen molar-refractivity contribution in [1.82, 2.24) is 5.32 Å². The van der Waals surface area contributed by atoms with Gasteiger partial charge in [0, 0.05) is 0 Å². The molecule has 5 heteroatoms. The van der Waals surface area contributed by atoms with E-state index in [9.17, 15) is 4.79 Å². The number of halogens is 1. The minimum Gasteiger partial charge on any atom is -0.411 e. The lowest BCUT2D eigenvalue weighted by atomic mass is 10.2. The lowest BCUT2D eigenvalue weighted by molar-refractivity contribution is -0.118. The molecule has 2 N–H and O–H groups in total. The van der Waals surface area contributed by atoms with Crippen LogP contribution in [0.4, 0.5) is 0 Å². The number of nitrogens with zero attached hydrogens (tertiary/aromatic N) is 1. The second-order valence-corrected chi connectivity index (χ2v) is 2.43. The van der Waals surface area contributed by atoms with Gasteiger partial charge in [-0.15, -0.1) is 11.6 Å². The number of carbonyl (C=O) groups is 1. The minimum atomic E-state index is -0.276. The minimum absolute atomic E-state index is 0.0803. The van der Waals surface area contributed by atoms with Crippen LogP contribution in [0.15, 0.2) is 5.16 Å². The summed E-state index contributed by atoms with van der Waals surface area (Å²) < 4.78 is 0. The molecule has 0 saturated heterocycles. The van der Waals surface area contributed by atoms with Gasteiger partial charge in [-0.25, -0.2) is 0 Å². The van der Waals surface area contributed by atoms with Crippen LogP contribution in [-0.2, 0) is 4.79 Å². The predicted octanol–water partition coefficient (Wildman–Crippen LogP) is 0.580. The van der Waals surface area contributed by atoms with E-state index in [1.165, 1.54) is 0 Å². The Kier molecular flexibility index (Phi) is 4.61. The number of hydrogen-bond donors (Lipinski definition) is 2. The van der Waals surface area contributed by atoms with Gasteiger partial charge in [-0.05, 0) is 13.8 Å². The van der Waals surface area contributed by atoms with E-state index in [0.29, 0.717) is 5.71 Å². The summed E-state index contributed by atoms with van der Waals surface area (Å²) in [6.07, 6.45) is 0. The molecule has 0 radical (unpaired) electrons. The maximum atomic E-state index is 10.7. The number of amides is 1. The monoisotopic (exact) mass is 178 g/mol. The van der Waals surface area contributed by atoms with Crippen molar-refractivity contribution in [2.24, 2.45) is 5.16 Å². The van der Waals surface area contributed by atoms with Gasteiger partial charge in [-0.1, -0.05) is 5.16 Å². The van der Waals surface area contributed by atoms with Gasteiger partial charge in [0.25, 0.3) is 0 Å². The van der Waals surface area contributed by atoms with Crippen LogP contribution in [-0.4, -0.2) is 28.7 Å². The van der Waals surface area contributed by atoms with E-state index in [0.717, 1.165) is 0 Å². The largest absolute Gasteiger partial charge is 0.411 e. The Morgan fingerprint density at radius 2 is 2.36 bits per heavy atom. The average Bonchev–Trinajstić information content (AvgIpc) is 2.02. The molecule has 0 aromatic heterocycles. The molecule has 0 spiro atoms. The molecule has 11 heavy (non-hydrogen) atoms. The lowest BCUT2D eigenvalue weighted by Gasteiger charge is -2.10. The van der Waals surface area contributed by atoms with Crippen LogP contribution in [0, 0.1) is 0 Å². The molecule has 64 valence electrons. The highest BCUT2D eigenvalue weighted by molar-refractivity contribution is 6.27. The fourth-order valence-corrected chi connectivity index (χ4v) is 0.548. The third kappa shape index (κ3) is 3.83. The number of carbonyl (C=O) groups excluding carboxylic acids is 1. The second-order valence-electron chi connectivity index (χ2n) is 2.16. The molecule has 0 fully saturated rings. The van der Waals surface area contributed by atoms with Crippen molar-refractivity contribution < 1.29 is 10.0 Å². The van der Waals surface area contributed by atoms with Gasteiger partial charge in [-0.2, -0.15) is 0 Å². The molecule has 1 amide bonds. The Morgan fingerprint density at radius 3 is 2.73 bits per heavy atom. The molecule has 4 nitrogen and oxygen atoms in total. The van der Waals surface area contributed by atoms with E-state index >= 15 is 0 Å². The van der Waals surface area contributed by atoms with Crippen molar-refractivity contribution in [3.63, 3.8) is 0 Å². The summed E-state index contributed by atoms with van der Waals surface area (Å²) in [6.45, 7) is 3.32. The van der Waals surface area contributed by atoms with Gasteiger partial charge in [0.2, 0.25) is 5.91 Å². The van der Waals surface area contributed by atoms with Crippen molar-refractivity contribution in [2.45, 2.75) is 19.9 Å². The van der Waals surface area contributed by atoms with Gasteiger partial charge in [0.05, 0.1) is 11.8 Å². The summed E-state index contributed by atoms with van der Waals surface area (Å²) in [5, 5.41) is 13.7. The molecule has 0 saturated carbocycles. The maximum absolute atomic E-state index is 10.7. The molecule has 1 atom stereocenters. The lowest BCUT2D eigenvalue weighted by Crippen LogP contribution is -2.38. The van der Waals surface area contributed by atoms with E-state index in [-0.39, 0.29) is 17.8 Å². The molecular formula is C6H11ClN2O2. The van der Waals surface area contributed by atoms with E-state index in [1.54, 1.807) is 13.8 Å². The standard InChI is InChI=1S/C6H11ClN2O2/c1-4(5(2)9-11)8-6(10)3-7/h4,11H,3H2,1-2H3,(H,8,10)/b9-5+. The van der Waals surface area contributed by atoms with Crippen LogP contribution in [0.5, 0.6) is 0 Å². The van der Waals surface area contributed by atoms with E-state index in [4.69, 9.17) is 16.8 Å². The van der Waals surface area contributed by atoms with E-state index < -0.39 is 0 Å². The Balaban J connectivity index is 3.87. The summed E-state index contributed by atoms with van der Waals surface area (Å²) in [4.78, 5) is 10.7. The van der Waals surface area contributed by atoms with Crippen molar-refractivity contribution >= 4 is 23.2 Å². The molecule has 0 aliphatic carbocycles. The zero-order valence-electron chi connectivity index (χ0n) is 6.47. The second kappa shape index (κ2) is 4.96. The first-order valence-electron chi connectivity index (χ1n) is 3.15. The van der Waals surface area contributed by atoms with Crippen LogP contribution in [0.25, 0.3) is 0 Å². The molecular weight excluding hydrogens is 168 g/mol. The molecule has 0 rings (SSSR count). The van der Waals surface area contributed by atoms with Crippen LogP contribution in [0.2, 0.25) is 0 Å². The summed E-state index contributed by atoms with van der Waals surface area (Å²) >= 11 is 5.23. The molecule has 0 aromatic carbocycles. The summed E-state index contributed by atoms with van der Waals surface area (Å²) in [5.74, 6) is -0.356. The third-order valence-electron chi connectivity index (χ3n) is 1.28.